The molecule has 8 heteroatoms. The molecule has 0 spiro atoms. The largest absolute Gasteiger partial charge is 0.465 e. The highest BCUT2D eigenvalue weighted by atomic mass is 79.9. The number of methoxy groups -OCH3 is 2. The van der Waals surface area contributed by atoms with E-state index in [1.165, 1.54) is 20.3 Å². The Kier molecular flexibility index (Phi) is 5.71. The summed E-state index contributed by atoms with van der Waals surface area (Å²) in [5.74, 6) is -0.769. The smallest absolute Gasteiger partial charge is 0.346 e. The summed E-state index contributed by atoms with van der Waals surface area (Å²) in [6.07, 6.45) is 0. The molecule has 19 heavy (non-hydrogen) atoms. The fourth-order valence-electron chi connectivity index (χ4n) is 1.48. The zero-order valence-electron chi connectivity index (χ0n) is 10.4. The van der Waals surface area contributed by atoms with Gasteiger partial charge in [0.05, 0.1) is 18.6 Å². The van der Waals surface area contributed by atoms with Gasteiger partial charge in [-0.2, -0.15) is 0 Å². The third-order valence-electron chi connectivity index (χ3n) is 2.32. The number of nitrogens with zero attached hydrogens (tertiary/aromatic N) is 1. The maximum Gasteiger partial charge on any atom is 0.346 e. The van der Waals surface area contributed by atoms with Crippen molar-refractivity contribution in [3.8, 4) is 0 Å². The highest BCUT2D eigenvalue weighted by molar-refractivity contribution is 9.10. The molecule has 0 aromatic heterocycles. The minimum Gasteiger partial charge on any atom is -0.465 e. The molecule has 104 valence electrons. The van der Waals surface area contributed by atoms with Gasteiger partial charge in [-0.1, -0.05) is 0 Å². The third kappa shape index (κ3) is 3.65. The zero-order chi connectivity index (χ0) is 14.4. The Morgan fingerprint density at radius 2 is 2.16 bits per heavy atom. The lowest BCUT2D eigenvalue weighted by atomic mass is 10.1. The molecule has 0 amide bonds. The molecule has 1 N–H and O–H groups in total. The first kappa shape index (κ1) is 15.4. The van der Waals surface area contributed by atoms with Gasteiger partial charge in [0.1, 0.15) is 5.69 Å². The van der Waals surface area contributed by atoms with Crippen molar-refractivity contribution in [3.05, 3.63) is 32.3 Å². The Bertz CT molecular complexity index is 492. The number of rotatable bonds is 6. The number of carbonyl (C=O) groups is 1. The van der Waals surface area contributed by atoms with Gasteiger partial charge >= 0.3 is 11.7 Å². The summed E-state index contributed by atoms with van der Waals surface area (Å²) in [5.41, 5.74) is -0.196. The van der Waals surface area contributed by atoms with E-state index >= 15 is 0 Å². The van der Waals surface area contributed by atoms with Crippen LogP contribution in [0.3, 0.4) is 0 Å². The number of benzene rings is 1. The SMILES string of the molecule is COCCNc1ccc(Br)c(C(=O)OC)c1[N+](=O)[O-]. The molecular weight excluding hydrogens is 320 g/mol. The van der Waals surface area contributed by atoms with Crippen molar-refractivity contribution in [2.24, 2.45) is 0 Å². The summed E-state index contributed by atoms with van der Waals surface area (Å²) in [5, 5.41) is 14.0. The first-order valence-electron chi connectivity index (χ1n) is 5.31. The topological polar surface area (TPSA) is 90.7 Å². The highest BCUT2D eigenvalue weighted by Crippen LogP contribution is 2.34. The standard InChI is InChI=1S/C11H13BrN2O5/c1-18-6-5-13-8-4-3-7(12)9(11(15)19-2)10(8)14(16)17/h3-4,13H,5-6H2,1-2H3. The Morgan fingerprint density at radius 3 is 2.68 bits per heavy atom. The van der Waals surface area contributed by atoms with Crippen molar-refractivity contribution < 1.29 is 19.2 Å². The average molecular weight is 333 g/mol. The van der Waals surface area contributed by atoms with E-state index in [1.807, 2.05) is 0 Å². The minimum atomic E-state index is -0.769. The van der Waals surface area contributed by atoms with Crippen LogP contribution in [0.25, 0.3) is 0 Å². The van der Waals surface area contributed by atoms with Crippen LogP contribution >= 0.6 is 15.9 Å². The lowest BCUT2D eigenvalue weighted by Crippen LogP contribution is -2.13. The molecule has 0 radical (unpaired) electrons. The van der Waals surface area contributed by atoms with Gasteiger partial charge in [-0.15, -0.1) is 0 Å². The number of nitro groups is 1. The molecule has 0 aliphatic heterocycles. The predicted octanol–water partition coefficient (Wildman–Crippen LogP) is 2.20. The number of nitrogens with one attached hydrogen (secondary N) is 1. The molecule has 0 aliphatic carbocycles. The second kappa shape index (κ2) is 7.05. The third-order valence-corrected chi connectivity index (χ3v) is 2.98. The van der Waals surface area contributed by atoms with E-state index in [0.717, 1.165) is 0 Å². The molecule has 0 unspecified atom stereocenters. The minimum absolute atomic E-state index is 0.116. The summed E-state index contributed by atoms with van der Waals surface area (Å²) in [6, 6.07) is 3.07. The van der Waals surface area contributed by atoms with Crippen molar-refractivity contribution in [2.75, 3.05) is 32.7 Å². The summed E-state index contributed by atoms with van der Waals surface area (Å²) < 4.78 is 9.72. The van der Waals surface area contributed by atoms with Gasteiger partial charge < -0.3 is 14.8 Å². The van der Waals surface area contributed by atoms with Crippen LogP contribution in [0.5, 0.6) is 0 Å². The van der Waals surface area contributed by atoms with Gasteiger partial charge in [0, 0.05) is 18.1 Å². The quantitative estimate of drug-likeness (QED) is 0.371. The Labute approximate surface area is 118 Å². The molecular formula is C11H13BrN2O5. The fourth-order valence-corrected chi connectivity index (χ4v) is 1.96. The van der Waals surface area contributed by atoms with Gasteiger partial charge in [-0.05, 0) is 28.1 Å². The lowest BCUT2D eigenvalue weighted by Gasteiger charge is -2.10. The summed E-state index contributed by atoms with van der Waals surface area (Å²) in [7, 11) is 2.70. The van der Waals surface area contributed by atoms with E-state index in [0.29, 0.717) is 17.6 Å². The van der Waals surface area contributed by atoms with Crippen LogP contribution in [0.4, 0.5) is 11.4 Å². The monoisotopic (exact) mass is 332 g/mol. The molecule has 0 atom stereocenters. The molecule has 0 fully saturated rings. The van der Waals surface area contributed by atoms with Crippen LogP contribution in [0.2, 0.25) is 0 Å². The van der Waals surface area contributed by atoms with Crippen LogP contribution in [0, 0.1) is 10.1 Å². The van der Waals surface area contributed by atoms with Crippen molar-refractivity contribution in [2.45, 2.75) is 0 Å². The van der Waals surface area contributed by atoms with Crippen LogP contribution < -0.4 is 5.32 Å². The summed E-state index contributed by atoms with van der Waals surface area (Å²) in [4.78, 5) is 22.2. The van der Waals surface area contributed by atoms with Crippen molar-refractivity contribution in [3.63, 3.8) is 0 Å². The Hall–Kier alpha value is -1.67. The van der Waals surface area contributed by atoms with E-state index in [2.05, 4.69) is 26.0 Å². The van der Waals surface area contributed by atoms with E-state index in [9.17, 15) is 14.9 Å². The fraction of sp³-hybridized carbons (Fsp3) is 0.364. The number of halogens is 1. The first-order chi connectivity index (χ1) is 9.02. The molecule has 1 rings (SSSR count). The zero-order valence-corrected chi connectivity index (χ0v) is 12.0. The van der Waals surface area contributed by atoms with Crippen LogP contribution in [-0.4, -0.2) is 38.3 Å². The number of ether oxygens (including phenoxy) is 2. The number of esters is 1. The summed E-state index contributed by atoms with van der Waals surface area (Å²) in [6.45, 7) is 0.778. The number of anilines is 1. The Morgan fingerprint density at radius 1 is 1.47 bits per heavy atom. The maximum atomic E-state index is 11.6. The first-order valence-corrected chi connectivity index (χ1v) is 6.10. The van der Waals surface area contributed by atoms with Crippen LogP contribution in [0.15, 0.2) is 16.6 Å². The van der Waals surface area contributed by atoms with Gasteiger partial charge in [-0.3, -0.25) is 10.1 Å². The highest BCUT2D eigenvalue weighted by Gasteiger charge is 2.28. The van der Waals surface area contributed by atoms with Gasteiger partial charge in [0.2, 0.25) is 0 Å². The van der Waals surface area contributed by atoms with Crippen molar-refractivity contribution in [1.82, 2.24) is 0 Å². The van der Waals surface area contributed by atoms with Crippen molar-refractivity contribution >= 4 is 33.3 Å². The molecule has 0 heterocycles. The van der Waals surface area contributed by atoms with Crippen LogP contribution in [0.1, 0.15) is 10.4 Å². The van der Waals surface area contributed by atoms with Crippen molar-refractivity contribution in [1.29, 1.82) is 0 Å². The molecule has 1 aromatic rings. The lowest BCUT2D eigenvalue weighted by molar-refractivity contribution is -0.384. The molecule has 7 nitrogen and oxygen atoms in total. The predicted molar refractivity (Wildman–Crippen MR) is 72.5 cm³/mol. The number of hydrogen-bond acceptors (Lipinski definition) is 6. The van der Waals surface area contributed by atoms with E-state index in [-0.39, 0.29) is 16.9 Å². The van der Waals surface area contributed by atoms with E-state index < -0.39 is 10.9 Å². The molecule has 1 aromatic carbocycles. The molecule has 0 aliphatic rings. The summed E-state index contributed by atoms with van der Waals surface area (Å²) >= 11 is 3.12. The second-order valence-electron chi connectivity index (χ2n) is 3.49. The van der Waals surface area contributed by atoms with E-state index in [1.54, 1.807) is 6.07 Å². The molecule has 0 bridgehead atoms. The van der Waals surface area contributed by atoms with Gasteiger partial charge in [-0.25, -0.2) is 4.79 Å². The second-order valence-corrected chi connectivity index (χ2v) is 4.34. The van der Waals surface area contributed by atoms with E-state index in [4.69, 9.17) is 4.74 Å². The van der Waals surface area contributed by atoms with Crippen LogP contribution in [-0.2, 0) is 9.47 Å². The average Bonchev–Trinajstić information content (AvgIpc) is 2.39. The number of nitro benzene ring substituents is 1. The maximum absolute atomic E-state index is 11.6. The van der Waals surface area contributed by atoms with Gasteiger partial charge in [0.25, 0.3) is 0 Å². The molecule has 0 saturated carbocycles. The number of carbonyl (C=O) groups excluding carboxylic acids is 1. The van der Waals surface area contributed by atoms with Gasteiger partial charge in [0.15, 0.2) is 5.56 Å². The normalized spacial score (nSPS) is 10.1. The molecule has 0 saturated heterocycles. The Balaban J connectivity index is 3.25. The number of hydrogen-bond donors (Lipinski definition) is 1.